The first-order valence-electron chi connectivity index (χ1n) is 10.7. The number of benzene rings is 2. The SMILES string of the molecule is CCOc1ccc2nc(N3CCN(CCNC(=O)c4cc([N+](=O)[O-])ccc4Cl)CC3)sc2c1.Cl. The van der Waals surface area contributed by atoms with Gasteiger partial charge in [0.1, 0.15) is 5.75 Å². The van der Waals surface area contributed by atoms with E-state index in [4.69, 9.17) is 21.3 Å². The van der Waals surface area contributed by atoms with E-state index >= 15 is 0 Å². The summed E-state index contributed by atoms with van der Waals surface area (Å²) in [5.74, 6) is 0.446. The fourth-order valence-electron chi connectivity index (χ4n) is 3.67. The van der Waals surface area contributed by atoms with Crippen molar-refractivity contribution < 1.29 is 14.5 Å². The molecule has 1 saturated heterocycles. The average Bonchev–Trinajstić information content (AvgIpc) is 3.23. The van der Waals surface area contributed by atoms with Crippen LogP contribution in [0.5, 0.6) is 5.75 Å². The molecule has 1 aromatic heterocycles. The molecule has 2 aromatic carbocycles. The van der Waals surface area contributed by atoms with Crippen molar-refractivity contribution in [2.75, 3.05) is 50.8 Å². The Morgan fingerprint density at radius 3 is 2.71 bits per heavy atom. The number of nitrogens with zero attached hydrogens (tertiary/aromatic N) is 4. The van der Waals surface area contributed by atoms with Gasteiger partial charge in [0, 0.05) is 51.4 Å². The number of amides is 1. The summed E-state index contributed by atoms with van der Waals surface area (Å²) in [5.41, 5.74) is 0.923. The number of fused-ring (bicyclic) bond motifs is 1. The summed E-state index contributed by atoms with van der Waals surface area (Å²) < 4.78 is 6.69. The molecule has 9 nitrogen and oxygen atoms in total. The van der Waals surface area contributed by atoms with Gasteiger partial charge in [0.05, 0.1) is 32.3 Å². The zero-order valence-electron chi connectivity index (χ0n) is 18.5. The smallest absolute Gasteiger partial charge is 0.270 e. The summed E-state index contributed by atoms with van der Waals surface area (Å²) >= 11 is 7.71. The van der Waals surface area contributed by atoms with Crippen molar-refractivity contribution >= 4 is 62.3 Å². The number of halogens is 2. The van der Waals surface area contributed by atoms with E-state index in [0.717, 1.165) is 47.3 Å². The number of ether oxygens (including phenoxy) is 1. The first-order valence-corrected chi connectivity index (χ1v) is 11.9. The lowest BCUT2D eigenvalue weighted by Crippen LogP contribution is -2.48. The van der Waals surface area contributed by atoms with Crippen molar-refractivity contribution in [2.24, 2.45) is 0 Å². The van der Waals surface area contributed by atoms with Crippen molar-refractivity contribution in [3.63, 3.8) is 0 Å². The third-order valence-corrected chi connectivity index (χ3v) is 6.83. The van der Waals surface area contributed by atoms with Crippen LogP contribution in [0.25, 0.3) is 10.2 Å². The van der Waals surface area contributed by atoms with Gasteiger partial charge in [-0.05, 0) is 31.2 Å². The van der Waals surface area contributed by atoms with Crippen LogP contribution in [0.15, 0.2) is 36.4 Å². The minimum atomic E-state index is -0.546. The molecule has 0 saturated carbocycles. The Labute approximate surface area is 212 Å². The predicted molar refractivity (Wildman–Crippen MR) is 137 cm³/mol. The minimum absolute atomic E-state index is 0. The van der Waals surface area contributed by atoms with Crippen molar-refractivity contribution in [3.8, 4) is 5.75 Å². The van der Waals surface area contributed by atoms with Gasteiger partial charge in [-0.2, -0.15) is 0 Å². The molecule has 0 radical (unpaired) electrons. The van der Waals surface area contributed by atoms with E-state index in [1.165, 1.54) is 18.2 Å². The number of hydrogen-bond acceptors (Lipinski definition) is 8. The fourth-order valence-corrected chi connectivity index (χ4v) is 4.92. The molecule has 3 aromatic rings. The molecule has 34 heavy (non-hydrogen) atoms. The van der Waals surface area contributed by atoms with Gasteiger partial charge in [0.25, 0.3) is 11.6 Å². The molecule has 0 bridgehead atoms. The quantitative estimate of drug-likeness (QED) is 0.346. The number of hydrogen-bond donors (Lipinski definition) is 1. The van der Waals surface area contributed by atoms with Gasteiger partial charge in [-0.3, -0.25) is 19.8 Å². The maximum Gasteiger partial charge on any atom is 0.270 e. The van der Waals surface area contributed by atoms with Gasteiger partial charge in [-0.15, -0.1) is 12.4 Å². The summed E-state index contributed by atoms with van der Waals surface area (Å²) in [6.45, 7) is 7.13. The second-order valence-electron chi connectivity index (χ2n) is 7.56. The van der Waals surface area contributed by atoms with E-state index in [1.807, 2.05) is 25.1 Å². The fraction of sp³-hybridized carbons (Fsp3) is 0.364. The summed E-state index contributed by atoms with van der Waals surface area (Å²) in [6, 6.07) is 9.82. The molecule has 1 amide bonds. The first kappa shape index (κ1) is 26.0. The summed E-state index contributed by atoms with van der Waals surface area (Å²) in [6.07, 6.45) is 0. The Bertz CT molecular complexity index is 1170. The first-order chi connectivity index (χ1) is 15.9. The van der Waals surface area contributed by atoms with Gasteiger partial charge < -0.3 is 15.0 Å². The number of nitro groups is 1. The molecule has 1 fully saturated rings. The Hall–Kier alpha value is -2.66. The van der Waals surface area contributed by atoms with E-state index in [2.05, 4.69) is 15.1 Å². The van der Waals surface area contributed by atoms with Crippen molar-refractivity contribution in [3.05, 3.63) is 57.1 Å². The third kappa shape index (κ3) is 6.06. The van der Waals surface area contributed by atoms with Gasteiger partial charge in [0.15, 0.2) is 5.13 Å². The van der Waals surface area contributed by atoms with E-state index in [9.17, 15) is 14.9 Å². The number of aromatic nitrogens is 1. The number of anilines is 1. The monoisotopic (exact) mass is 525 g/mol. The summed E-state index contributed by atoms with van der Waals surface area (Å²) in [5, 5.41) is 14.9. The Balaban J connectivity index is 0.00000324. The number of rotatable bonds is 8. The van der Waals surface area contributed by atoms with E-state index in [1.54, 1.807) is 11.3 Å². The van der Waals surface area contributed by atoms with E-state index in [0.29, 0.717) is 19.7 Å². The number of non-ortho nitro benzene ring substituents is 1. The van der Waals surface area contributed by atoms with Gasteiger partial charge in [-0.25, -0.2) is 4.98 Å². The average molecular weight is 526 g/mol. The summed E-state index contributed by atoms with van der Waals surface area (Å²) in [7, 11) is 0. The van der Waals surface area contributed by atoms with Crippen LogP contribution in [0.1, 0.15) is 17.3 Å². The maximum atomic E-state index is 12.4. The van der Waals surface area contributed by atoms with Crippen molar-refractivity contribution in [1.82, 2.24) is 15.2 Å². The molecular formula is C22H25Cl2N5O4S. The van der Waals surface area contributed by atoms with Crippen LogP contribution in [0.2, 0.25) is 5.02 Å². The van der Waals surface area contributed by atoms with Crippen molar-refractivity contribution in [2.45, 2.75) is 6.92 Å². The topological polar surface area (TPSA) is 101 Å². The molecule has 0 atom stereocenters. The molecule has 4 rings (SSSR count). The molecule has 0 spiro atoms. The summed E-state index contributed by atoms with van der Waals surface area (Å²) in [4.78, 5) is 32.1. The lowest BCUT2D eigenvalue weighted by molar-refractivity contribution is -0.384. The number of piperazine rings is 1. The largest absolute Gasteiger partial charge is 0.494 e. The normalized spacial score (nSPS) is 14.0. The predicted octanol–water partition coefficient (Wildman–Crippen LogP) is 4.23. The zero-order valence-corrected chi connectivity index (χ0v) is 20.9. The maximum absolute atomic E-state index is 12.4. The highest BCUT2D eigenvalue weighted by molar-refractivity contribution is 7.22. The molecule has 2 heterocycles. The third-order valence-electron chi connectivity index (χ3n) is 5.42. The minimum Gasteiger partial charge on any atom is -0.494 e. The van der Waals surface area contributed by atoms with Gasteiger partial charge in [0.2, 0.25) is 0 Å². The zero-order chi connectivity index (χ0) is 23.4. The lowest BCUT2D eigenvalue weighted by atomic mass is 10.2. The number of thiazole rings is 1. The number of nitrogens with one attached hydrogen (secondary N) is 1. The van der Waals surface area contributed by atoms with Crippen LogP contribution in [-0.4, -0.2) is 66.6 Å². The highest BCUT2D eigenvalue weighted by Crippen LogP contribution is 2.32. The van der Waals surface area contributed by atoms with E-state index < -0.39 is 10.8 Å². The van der Waals surface area contributed by atoms with Gasteiger partial charge >= 0.3 is 0 Å². The lowest BCUT2D eigenvalue weighted by Gasteiger charge is -2.34. The van der Waals surface area contributed by atoms with Crippen LogP contribution in [0.3, 0.4) is 0 Å². The van der Waals surface area contributed by atoms with Crippen LogP contribution >= 0.6 is 35.3 Å². The number of carbonyl (C=O) groups is 1. The molecule has 1 aliphatic heterocycles. The molecular weight excluding hydrogens is 501 g/mol. The second kappa shape index (κ2) is 11.7. The highest BCUT2D eigenvalue weighted by atomic mass is 35.5. The van der Waals surface area contributed by atoms with Crippen LogP contribution in [0.4, 0.5) is 10.8 Å². The van der Waals surface area contributed by atoms with Gasteiger partial charge in [-0.1, -0.05) is 22.9 Å². The standard InChI is InChI=1S/C22H24ClN5O4S.ClH/c1-2-32-16-4-6-19-20(14-16)33-22(25-19)27-11-9-26(10-12-27)8-7-24-21(29)17-13-15(28(30)31)3-5-18(17)23;/h3-6,13-14H,2,7-12H2,1H3,(H,24,29);1H. The van der Waals surface area contributed by atoms with E-state index in [-0.39, 0.29) is 28.7 Å². The Kier molecular flexibility index (Phi) is 8.90. The highest BCUT2D eigenvalue weighted by Gasteiger charge is 2.21. The molecule has 0 unspecified atom stereocenters. The molecule has 182 valence electrons. The second-order valence-corrected chi connectivity index (χ2v) is 8.98. The Morgan fingerprint density at radius 2 is 2.00 bits per heavy atom. The van der Waals surface area contributed by atoms with Crippen molar-refractivity contribution in [1.29, 1.82) is 0 Å². The van der Waals surface area contributed by atoms with Crippen LogP contribution in [-0.2, 0) is 0 Å². The van der Waals surface area contributed by atoms with Crippen LogP contribution in [0, 0.1) is 10.1 Å². The molecule has 12 heteroatoms. The molecule has 0 aliphatic carbocycles. The number of carbonyl (C=O) groups excluding carboxylic acids is 1. The molecule has 1 aliphatic rings. The molecule has 1 N–H and O–H groups in total. The van der Waals surface area contributed by atoms with Crippen LogP contribution < -0.4 is 15.0 Å². The number of nitro benzene ring substituents is 1. The Morgan fingerprint density at radius 1 is 1.24 bits per heavy atom.